The molecule has 2 rings (SSSR count). The van der Waals surface area contributed by atoms with E-state index in [-0.39, 0.29) is 11.6 Å². The standard InChI is InChI=1S/C12H22N2O/c1-4-13-10-7-8-14(11(10)15)12(2,3)9-5-6-9/h9-10,13H,4-8H2,1-3H3. The van der Waals surface area contributed by atoms with Crippen LogP contribution in [0.15, 0.2) is 0 Å². The fraction of sp³-hybridized carbons (Fsp3) is 0.917. The number of likely N-dealkylation sites (tertiary alicyclic amines) is 1. The minimum Gasteiger partial charge on any atom is -0.336 e. The Labute approximate surface area is 92.2 Å². The van der Waals surface area contributed by atoms with Crippen LogP contribution in [0.1, 0.15) is 40.0 Å². The van der Waals surface area contributed by atoms with E-state index in [4.69, 9.17) is 0 Å². The van der Waals surface area contributed by atoms with Crippen molar-refractivity contribution in [1.29, 1.82) is 0 Å². The largest absolute Gasteiger partial charge is 0.336 e. The lowest BCUT2D eigenvalue weighted by molar-refractivity contribution is -0.134. The molecule has 0 aromatic heterocycles. The third-order valence-corrected chi connectivity index (χ3v) is 3.93. The zero-order valence-electron chi connectivity index (χ0n) is 10.0. The second-order valence-electron chi connectivity index (χ2n) is 5.32. The average molecular weight is 210 g/mol. The van der Waals surface area contributed by atoms with Crippen LogP contribution in [0.4, 0.5) is 0 Å². The molecule has 1 atom stereocenters. The Balaban J connectivity index is 2.02. The van der Waals surface area contributed by atoms with Crippen molar-refractivity contribution in [3.05, 3.63) is 0 Å². The Hall–Kier alpha value is -0.570. The summed E-state index contributed by atoms with van der Waals surface area (Å²) >= 11 is 0. The quantitative estimate of drug-likeness (QED) is 0.760. The fourth-order valence-corrected chi connectivity index (χ4v) is 2.70. The Morgan fingerprint density at radius 2 is 2.07 bits per heavy atom. The second kappa shape index (κ2) is 3.78. The number of hydrogen-bond donors (Lipinski definition) is 1. The van der Waals surface area contributed by atoms with E-state index >= 15 is 0 Å². The van der Waals surface area contributed by atoms with Gasteiger partial charge in [-0.3, -0.25) is 4.79 Å². The van der Waals surface area contributed by atoms with Crippen molar-refractivity contribution < 1.29 is 4.79 Å². The normalized spacial score (nSPS) is 27.5. The van der Waals surface area contributed by atoms with E-state index in [1.54, 1.807) is 0 Å². The van der Waals surface area contributed by atoms with Gasteiger partial charge in [-0.15, -0.1) is 0 Å². The van der Waals surface area contributed by atoms with Crippen LogP contribution in [-0.2, 0) is 4.79 Å². The summed E-state index contributed by atoms with van der Waals surface area (Å²) in [6, 6.07) is 0.0769. The molecule has 3 heteroatoms. The number of rotatable bonds is 4. The first-order valence-corrected chi connectivity index (χ1v) is 6.12. The van der Waals surface area contributed by atoms with Gasteiger partial charge in [0.25, 0.3) is 0 Å². The van der Waals surface area contributed by atoms with Crippen LogP contribution in [0.25, 0.3) is 0 Å². The second-order valence-corrected chi connectivity index (χ2v) is 5.32. The van der Waals surface area contributed by atoms with Gasteiger partial charge in [-0.2, -0.15) is 0 Å². The topological polar surface area (TPSA) is 32.3 Å². The highest BCUT2D eigenvalue weighted by atomic mass is 16.2. The van der Waals surface area contributed by atoms with Gasteiger partial charge in [0.2, 0.25) is 5.91 Å². The van der Waals surface area contributed by atoms with Crippen LogP contribution in [-0.4, -0.2) is 35.5 Å². The molecular weight excluding hydrogens is 188 g/mol. The van der Waals surface area contributed by atoms with E-state index in [1.165, 1.54) is 12.8 Å². The molecule has 15 heavy (non-hydrogen) atoms. The molecule has 1 amide bonds. The van der Waals surface area contributed by atoms with Crippen molar-refractivity contribution in [1.82, 2.24) is 10.2 Å². The van der Waals surface area contributed by atoms with E-state index in [2.05, 4.69) is 31.0 Å². The van der Waals surface area contributed by atoms with Crippen molar-refractivity contribution in [3.63, 3.8) is 0 Å². The minimum absolute atomic E-state index is 0.0769. The highest BCUT2D eigenvalue weighted by molar-refractivity contribution is 5.84. The number of amides is 1. The molecule has 0 bridgehead atoms. The molecule has 2 fully saturated rings. The minimum atomic E-state index is 0.0769. The third kappa shape index (κ3) is 1.89. The van der Waals surface area contributed by atoms with E-state index in [1.807, 2.05) is 0 Å². The Morgan fingerprint density at radius 1 is 1.40 bits per heavy atom. The molecule has 3 nitrogen and oxygen atoms in total. The zero-order valence-corrected chi connectivity index (χ0v) is 10.0. The summed E-state index contributed by atoms with van der Waals surface area (Å²) in [7, 11) is 0. The first-order chi connectivity index (χ1) is 7.07. The zero-order chi connectivity index (χ0) is 11.1. The van der Waals surface area contributed by atoms with Crippen LogP contribution >= 0.6 is 0 Å². The summed E-state index contributed by atoms with van der Waals surface area (Å²) in [5.74, 6) is 1.05. The number of nitrogens with one attached hydrogen (secondary N) is 1. The van der Waals surface area contributed by atoms with Crippen molar-refractivity contribution in [2.24, 2.45) is 5.92 Å². The maximum atomic E-state index is 12.1. The van der Waals surface area contributed by atoms with Gasteiger partial charge in [-0.05, 0) is 45.6 Å². The maximum absolute atomic E-state index is 12.1. The highest BCUT2D eigenvalue weighted by Crippen LogP contribution is 2.44. The smallest absolute Gasteiger partial charge is 0.240 e. The van der Waals surface area contributed by atoms with Gasteiger partial charge < -0.3 is 10.2 Å². The van der Waals surface area contributed by atoms with Crippen molar-refractivity contribution in [3.8, 4) is 0 Å². The van der Waals surface area contributed by atoms with Gasteiger partial charge in [0.05, 0.1) is 6.04 Å². The molecule has 0 aromatic rings. The molecule has 1 saturated carbocycles. The van der Waals surface area contributed by atoms with Crippen molar-refractivity contribution in [2.75, 3.05) is 13.1 Å². The maximum Gasteiger partial charge on any atom is 0.240 e. The van der Waals surface area contributed by atoms with Crippen LogP contribution in [0, 0.1) is 5.92 Å². The number of likely N-dealkylation sites (N-methyl/N-ethyl adjacent to an activating group) is 1. The van der Waals surface area contributed by atoms with E-state index < -0.39 is 0 Å². The lowest BCUT2D eigenvalue weighted by Crippen LogP contribution is -2.49. The van der Waals surface area contributed by atoms with Crippen LogP contribution < -0.4 is 5.32 Å². The third-order valence-electron chi connectivity index (χ3n) is 3.93. The molecule has 2 aliphatic rings. The summed E-state index contributed by atoms with van der Waals surface area (Å²) < 4.78 is 0. The number of carbonyl (C=O) groups excluding carboxylic acids is 1. The molecule has 1 unspecified atom stereocenters. The molecule has 1 saturated heterocycles. The number of carbonyl (C=O) groups is 1. The summed E-state index contributed by atoms with van der Waals surface area (Å²) in [5.41, 5.74) is 0.0846. The summed E-state index contributed by atoms with van der Waals surface area (Å²) in [6.45, 7) is 8.31. The van der Waals surface area contributed by atoms with Gasteiger partial charge in [-0.25, -0.2) is 0 Å². The summed E-state index contributed by atoms with van der Waals surface area (Å²) in [6.07, 6.45) is 3.56. The molecule has 0 spiro atoms. The SMILES string of the molecule is CCNC1CCN(C(C)(C)C2CC2)C1=O. The van der Waals surface area contributed by atoms with Gasteiger partial charge in [0.1, 0.15) is 0 Å². The Morgan fingerprint density at radius 3 is 2.60 bits per heavy atom. The number of hydrogen-bond acceptors (Lipinski definition) is 2. The number of nitrogens with zero attached hydrogens (tertiary/aromatic N) is 1. The predicted octanol–water partition coefficient (Wildman–Crippen LogP) is 1.39. The van der Waals surface area contributed by atoms with Crippen LogP contribution in [0.2, 0.25) is 0 Å². The van der Waals surface area contributed by atoms with Gasteiger partial charge >= 0.3 is 0 Å². The molecule has 1 heterocycles. The Kier molecular flexibility index (Phi) is 2.75. The van der Waals surface area contributed by atoms with Crippen LogP contribution in [0.5, 0.6) is 0 Å². The Bertz CT molecular complexity index is 258. The monoisotopic (exact) mass is 210 g/mol. The van der Waals surface area contributed by atoms with Gasteiger partial charge in [-0.1, -0.05) is 6.92 Å². The summed E-state index contributed by atoms with van der Waals surface area (Å²) in [5, 5.41) is 3.26. The molecule has 86 valence electrons. The first kappa shape index (κ1) is 10.9. The molecular formula is C12H22N2O. The summed E-state index contributed by atoms with van der Waals surface area (Å²) in [4.78, 5) is 14.2. The van der Waals surface area contributed by atoms with E-state index in [9.17, 15) is 4.79 Å². The predicted molar refractivity (Wildman–Crippen MR) is 60.6 cm³/mol. The van der Waals surface area contributed by atoms with Gasteiger partial charge in [0, 0.05) is 12.1 Å². The van der Waals surface area contributed by atoms with Crippen molar-refractivity contribution >= 4 is 5.91 Å². The first-order valence-electron chi connectivity index (χ1n) is 6.12. The average Bonchev–Trinajstić information content (AvgIpc) is 2.95. The lowest BCUT2D eigenvalue weighted by Gasteiger charge is -2.36. The molecule has 1 N–H and O–H groups in total. The molecule has 1 aliphatic carbocycles. The van der Waals surface area contributed by atoms with Crippen molar-refractivity contribution in [2.45, 2.75) is 51.6 Å². The molecule has 0 radical (unpaired) electrons. The van der Waals surface area contributed by atoms with Crippen LogP contribution in [0.3, 0.4) is 0 Å². The fourth-order valence-electron chi connectivity index (χ4n) is 2.70. The lowest BCUT2D eigenvalue weighted by atomic mass is 9.96. The highest BCUT2D eigenvalue weighted by Gasteiger charge is 2.47. The van der Waals surface area contributed by atoms with Gasteiger partial charge in [0.15, 0.2) is 0 Å². The van der Waals surface area contributed by atoms with E-state index in [0.29, 0.717) is 5.91 Å². The van der Waals surface area contributed by atoms with E-state index in [0.717, 1.165) is 25.4 Å². The molecule has 1 aliphatic heterocycles. The molecule has 0 aromatic carbocycles.